The van der Waals surface area contributed by atoms with E-state index in [9.17, 15) is 4.79 Å². The molecular weight excluding hydrogens is 296 g/mol. The second-order valence-electron chi connectivity index (χ2n) is 3.73. The fraction of sp³-hybridized carbons (Fsp3) is 0.250. The van der Waals surface area contributed by atoms with Crippen molar-refractivity contribution in [2.24, 2.45) is 0 Å². The molecule has 0 aliphatic rings. The third kappa shape index (κ3) is 3.24. The third-order valence-electron chi connectivity index (χ3n) is 2.32. The molecule has 6 heteroatoms. The van der Waals surface area contributed by atoms with Crippen LogP contribution in [0.3, 0.4) is 0 Å². The maximum Gasteiger partial charge on any atom is 0.251 e. The molecule has 5 nitrogen and oxygen atoms in total. The number of rotatable bonds is 4. The second-order valence-corrected chi connectivity index (χ2v) is 4.64. The van der Waals surface area contributed by atoms with Gasteiger partial charge in [-0.2, -0.15) is 0 Å². The van der Waals surface area contributed by atoms with Gasteiger partial charge in [-0.1, -0.05) is 6.92 Å². The monoisotopic (exact) mass is 308 g/mol. The van der Waals surface area contributed by atoms with Crippen molar-refractivity contribution >= 4 is 15.9 Å². The van der Waals surface area contributed by atoms with E-state index in [1.54, 1.807) is 12.3 Å². The zero-order valence-corrected chi connectivity index (χ0v) is 11.5. The van der Waals surface area contributed by atoms with Gasteiger partial charge in [0.15, 0.2) is 5.82 Å². The summed E-state index contributed by atoms with van der Waals surface area (Å²) >= 11 is 3.32. The first-order chi connectivity index (χ1) is 8.69. The van der Waals surface area contributed by atoms with Gasteiger partial charge in [0.25, 0.3) is 5.56 Å². The number of hydrogen-bond acceptors (Lipinski definition) is 4. The average molecular weight is 309 g/mol. The van der Waals surface area contributed by atoms with Gasteiger partial charge in [-0.25, -0.2) is 4.98 Å². The van der Waals surface area contributed by atoms with E-state index >= 15 is 0 Å². The molecule has 0 unspecified atom stereocenters. The summed E-state index contributed by atoms with van der Waals surface area (Å²) in [6.07, 6.45) is 1.67. The Bertz CT molecular complexity index is 579. The Labute approximate surface area is 113 Å². The van der Waals surface area contributed by atoms with Crippen molar-refractivity contribution in [2.45, 2.75) is 13.5 Å². The van der Waals surface area contributed by atoms with E-state index in [0.717, 1.165) is 11.0 Å². The zero-order chi connectivity index (χ0) is 13.0. The minimum absolute atomic E-state index is 0.169. The molecule has 0 aliphatic heterocycles. The Hall–Kier alpha value is -1.53. The molecule has 94 valence electrons. The van der Waals surface area contributed by atoms with E-state index in [0.29, 0.717) is 23.8 Å². The summed E-state index contributed by atoms with van der Waals surface area (Å²) in [5.41, 5.74) is 1.19. The van der Waals surface area contributed by atoms with E-state index in [1.165, 1.54) is 6.07 Å². The fourth-order valence-electron chi connectivity index (χ4n) is 1.49. The standard InChI is InChI=1S/C12H13BrN4O/c1-2-14-7-9-5-11(18)17-12(16-9)10-4-3-8(13)6-15-10/h3-6,14H,2,7H2,1H3,(H,16,17,18). The van der Waals surface area contributed by atoms with Crippen LogP contribution < -0.4 is 10.9 Å². The molecule has 2 aromatic heterocycles. The lowest BCUT2D eigenvalue weighted by molar-refractivity contribution is 0.707. The molecule has 0 atom stereocenters. The van der Waals surface area contributed by atoms with Crippen LogP contribution in [0.1, 0.15) is 12.6 Å². The summed E-state index contributed by atoms with van der Waals surface area (Å²) < 4.78 is 0.886. The molecule has 2 N–H and O–H groups in total. The summed E-state index contributed by atoms with van der Waals surface area (Å²) in [6.45, 7) is 3.41. The molecule has 2 heterocycles. The maximum atomic E-state index is 11.6. The van der Waals surface area contributed by atoms with Gasteiger partial charge < -0.3 is 10.3 Å². The lowest BCUT2D eigenvalue weighted by atomic mass is 10.3. The fourth-order valence-corrected chi connectivity index (χ4v) is 1.72. The minimum Gasteiger partial charge on any atom is -0.311 e. The SMILES string of the molecule is CCNCc1cc(=O)[nH]c(-c2ccc(Br)cn2)n1. The van der Waals surface area contributed by atoms with Gasteiger partial charge >= 0.3 is 0 Å². The normalized spacial score (nSPS) is 10.6. The van der Waals surface area contributed by atoms with Crippen molar-refractivity contribution < 1.29 is 0 Å². The van der Waals surface area contributed by atoms with Gasteiger partial charge in [-0.3, -0.25) is 9.78 Å². The number of hydrogen-bond donors (Lipinski definition) is 2. The van der Waals surface area contributed by atoms with E-state index in [1.807, 2.05) is 13.0 Å². The van der Waals surface area contributed by atoms with E-state index in [2.05, 4.69) is 36.2 Å². The molecule has 0 spiro atoms. The molecule has 0 aromatic carbocycles. The van der Waals surface area contributed by atoms with Crippen LogP contribution in [0.25, 0.3) is 11.5 Å². The Morgan fingerprint density at radius 3 is 2.94 bits per heavy atom. The summed E-state index contributed by atoms with van der Waals surface area (Å²) in [5, 5.41) is 3.14. The predicted molar refractivity (Wildman–Crippen MR) is 73.2 cm³/mol. The van der Waals surface area contributed by atoms with Gasteiger partial charge in [0.2, 0.25) is 0 Å². The first-order valence-corrected chi connectivity index (χ1v) is 6.41. The molecule has 0 aliphatic carbocycles. The highest BCUT2D eigenvalue weighted by atomic mass is 79.9. The van der Waals surface area contributed by atoms with E-state index in [4.69, 9.17) is 0 Å². The van der Waals surface area contributed by atoms with Crippen LogP contribution in [0.15, 0.2) is 33.7 Å². The second kappa shape index (κ2) is 5.88. The summed E-state index contributed by atoms with van der Waals surface area (Å²) in [5.74, 6) is 0.489. The first kappa shape index (κ1) is 12.9. The van der Waals surface area contributed by atoms with Crippen LogP contribution in [0.4, 0.5) is 0 Å². The highest BCUT2D eigenvalue weighted by molar-refractivity contribution is 9.10. The molecule has 0 radical (unpaired) electrons. The van der Waals surface area contributed by atoms with Crippen LogP contribution in [-0.2, 0) is 6.54 Å². The largest absolute Gasteiger partial charge is 0.311 e. The Balaban J connectivity index is 2.35. The number of H-pyrrole nitrogens is 1. The zero-order valence-electron chi connectivity index (χ0n) is 9.90. The van der Waals surface area contributed by atoms with Gasteiger partial charge in [0, 0.05) is 23.3 Å². The number of nitrogens with zero attached hydrogens (tertiary/aromatic N) is 2. The highest BCUT2D eigenvalue weighted by Crippen LogP contribution is 2.14. The predicted octanol–water partition coefficient (Wildman–Crippen LogP) is 1.70. The van der Waals surface area contributed by atoms with Crippen molar-refractivity contribution in [3.8, 4) is 11.5 Å². The molecular formula is C12H13BrN4O. The van der Waals surface area contributed by atoms with Crippen molar-refractivity contribution in [3.63, 3.8) is 0 Å². The molecule has 2 rings (SSSR count). The number of halogens is 1. The van der Waals surface area contributed by atoms with Gasteiger partial charge in [0.05, 0.1) is 5.69 Å². The Morgan fingerprint density at radius 2 is 2.28 bits per heavy atom. The summed E-state index contributed by atoms with van der Waals surface area (Å²) in [6, 6.07) is 5.16. The maximum absolute atomic E-state index is 11.6. The topological polar surface area (TPSA) is 70.7 Å². The number of nitrogens with one attached hydrogen (secondary N) is 2. The lowest BCUT2D eigenvalue weighted by Crippen LogP contribution is -2.17. The van der Waals surface area contributed by atoms with E-state index < -0.39 is 0 Å². The number of aromatic nitrogens is 3. The quantitative estimate of drug-likeness (QED) is 0.902. The summed E-state index contributed by atoms with van der Waals surface area (Å²) in [7, 11) is 0. The Kier molecular flexibility index (Phi) is 4.22. The highest BCUT2D eigenvalue weighted by Gasteiger charge is 2.05. The van der Waals surface area contributed by atoms with Crippen LogP contribution in [-0.4, -0.2) is 21.5 Å². The van der Waals surface area contributed by atoms with Crippen molar-refractivity contribution in [3.05, 3.63) is 44.9 Å². The van der Waals surface area contributed by atoms with Crippen molar-refractivity contribution in [2.75, 3.05) is 6.54 Å². The molecule has 0 fully saturated rings. The minimum atomic E-state index is -0.169. The van der Waals surface area contributed by atoms with Gasteiger partial charge in [0.1, 0.15) is 5.69 Å². The van der Waals surface area contributed by atoms with Crippen molar-refractivity contribution in [1.82, 2.24) is 20.3 Å². The molecule has 0 saturated carbocycles. The summed E-state index contributed by atoms with van der Waals surface area (Å²) in [4.78, 5) is 22.8. The average Bonchev–Trinajstić information content (AvgIpc) is 2.36. The molecule has 18 heavy (non-hydrogen) atoms. The molecule has 0 amide bonds. The third-order valence-corrected chi connectivity index (χ3v) is 2.79. The smallest absolute Gasteiger partial charge is 0.251 e. The van der Waals surface area contributed by atoms with Crippen molar-refractivity contribution in [1.29, 1.82) is 0 Å². The number of aromatic amines is 1. The van der Waals surface area contributed by atoms with Crippen LogP contribution in [0, 0.1) is 0 Å². The number of pyridine rings is 1. The van der Waals surface area contributed by atoms with Gasteiger partial charge in [-0.15, -0.1) is 0 Å². The molecule has 0 bridgehead atoms. The molecule has 0 saturated heterocycles. The van der Waals surface area contributed by atoms with Crippen LogP contribution in [0.2, 0.25) is 0 Å². The lowest BCUT2D eigenvalue weighted by Gasteiger charge is -2.04. The first-order valence-electron chi connectivity index (χ1n) is 5.62. The van der Waals surface area contributed by atoms with E-state index in [-0.39, 0.29) is 5.56 Å². The van der Waals surface area contributed by atoms with Crippen LogP contribution >= 0.6 is 15.9 Å². The molecule has 2 aromatic rings. The van der Waals surface area contributed by atoms with Crippen LogP contribution in [0.5, 0.6) is 0 Å². The Morgan fingerprint density at radius 1 is 1.44 bits per heavy atom. The van der Waals surface area contributed by atoms with Gasteiger partial charge in [-0.05, 0) is 34.6 Å².